The van der Waals surface area contributed by atoms with E-state index in [0.717, 1.165) is 11.1 Å². The molecule has 204 valence electrons. The van der Waals surface area contributed by atoms with Crippen molar-refractivity contribution in [2.45, 2.75) is 19.3 Å². The number of hydrogen-bond acceptors (Lipinski definition) is 8. The minimum atomic E-state index is -0.441. The number of nitrogens with two attached hydrogens (primary N) is 1. The minimum Gasteiger partial charge on any atom is -0.493 e. The molecule has 0 radical (unpaired) electrons. The van der Waals surface area contributed by atoms with Crippen molar-refractivity contribution in [3.8, 4) is 23.1 Å². The molecule has 11 heteroatoms. The number of amidine groups is 1. The smallest absolute Gasteiger partial charge is 0.349 e. The number of ether oxygens (including phenoxy) is 4. The summed E-state index contributed by atoms with van der Waals surface area (Å²) in [7, 11) is 3.13. The molecule has 0 fully saturated rings. The molecule has 0 bridgehead atoms. The average molecular weight is 533 g/mol. The number of nitrogen functional groups attached to an aromatic ring is 1. The summed E-state index contributed by atoms with van der Waals surface area (Å²) in [4.78, 5) is 20.2. The first-order chi connectivity index (χ1) is 18.9. The van der Waals surface area contributed by atoms with Gasteiger partial charge >= 0.3 is 5.69 Å². The van der Waals surface area contributed by atoms with Crippen LogP contribution in [0.2, 0.25) is 0 Å². The van der Waals surface area contributed by atoms with Crippen molar-refractivity contribution in [2.75, 3.05) is 34.0 Å². The van der Waals surface area contributed by atoms with Crippen LogP contribution in [0.5, 0.6) is 17.2 Å². The molecule has 0 aliphatic heterocycles. The van der Waals surface area contributed by atoms with Gasteiger partial charge in [0.25, 0.3) is 0 Å². The Hall–Kier alpha value is -4.64. The largest absolute Gasteiger partial charge is 0.493 e. The molecule has 4 N–H and O–H groups in total. The molecule has 11 nitrogen and oxygen atoms in total. The van der Waals surface area contributed by atoms with Crippen LogP contribution in [0.15, 0.2) is 65.6 Å². The first kappa shape index (κ1) is 27.4. The van der Waals surface area contributed by atoms with Gasteiger partial charge in [-0.2, -0.15) is 4.68 Å². The molecule has 2 aromatic carbocycles. The zero-order valence-corrected chi connectivity index (χ0v) is 22.1. The predicted octanol–water partition coefficient (Wildman–Crippen LogP) is 3.05. The van der Waals surface area contributed by atoms with Gasteiger partial charge in [0.2, 0.25) is 5.82 Å². The Kier molecular flexibility index (Phi) is 8.95. The standard InChI is InChI=1S/C28H32N6O5/c1-4-38-24-17-20(11-12-22(24)39-15-14-36-2)21(16-18-7-9-19(10-8-18)25(29)30)26-32-28(35)34(33-26)27-23(37-3)6-5-13-31-27/h5-13,17,21H,4,14-16H2,1-3H3,(H3,29,30)(H,32,33,35). The molecular weight excluding hydrogens is 500 g/mol. The van der Waals surface area contributed by atoms with E-state index in [1.54, 1.807) is 37.6 Å². The van der Waals surface area contributed by atoms with Crippen molar-refractivity contribution >= 4 is 5.84 Å². The van der Waals surface area contributed by atoms with Gasteiger partial charge in [0.05, 0.1) is 20.3 Å². The van der Waals surface area contributed by atoms with Crippen LogP contribution >= 0.6 is 0 Å². The van der Waals surface area contributed by atoms with E-state index in [0.29, 0.717) is 54.9 Å². The number of nitrogens with zero attached hydrogens (tertiary/aromatic N) is 3. The third-order valence-electron chi connectivity index (χ3n) is 6.06. The first-order valence-electron chi connectivity index (χ1n) is 12.5. The van der Waals surface area contributed by atoms with Gasteiger partial charge in [-0.25, -0.2) is 9.78 Å². The summed E-state index contributed by atoms with van der Waals surface area (Å²) < 4.78 is 23.4. The molecule has 39 heavy (non-hydrogen) atoms. The van der Waals surface area contributed by atoms with E-state index in [9.17, 15) is 4.79 Å². The molecule has 4 aromatic rings. The lowest BCUT2D eigenvalue weighted by Crippen LogP contribution is -2.17. The van der Waals surface area contributed by atoms with Gasteiger partial charge < -0.3 is 24.7 Å². The minimum absolute atomic E-state index is 0.00380. The molecule has 0 saturated carbocycles. The number of methoxy groups -OCH3 is 2. The molecular formula is C28H32N6O5. The second-order valence-electron chi connectivity index (χ2n) is 8.60. The molecule has 0 amide bonds. The van der Waals surface area contributed by atoms with Crippen molar-refractivity contribution in [1.29, 1.82) is 5.41 Å². The number of aromatic nitrogens is 4. The SMILES string of the molecule is CCOc1cc(C(Cc2ccc(C(=N)N)cc2)c2nn(-c3ncccc3OC)c(=O)[nH]2)ccc1OCCOC. The molecule has 4 rings (SSSR count). The summed E-state index contributed by atoms with van der Waals surface area (Å²) in [5.74, 6) is 1.97. The molecule has 0 spiro atoms. The van der Waals surface area contributed by atoms with Gasteiger partial charge in [0.1, 0.15) is 18.3 Å². The van der Waals surface area contributed by atoms with Gasteiger partial charge in [0, 0.05) is 24.8 Å². The van der Waals surface area contributed by atoms with Crippen LogP contribution in [0.3, 0.4) is 0 Å². The van der Waals surface area contributed by atoms with Crippen molar-refractivity contribution < 1.29 is 18.9 Å². The van der Waals surface area contributed by atoms with E-state index in [4.69, 9.17) is 30.1 Å². The van der Waals surface area contributed by atoms with Crippen LogP contribution in [0.25, 0.3) is 5.82 Å². The van der Waals surface area contributed by atoms with E-state index >= 15 is 0 Å². The van der Waals surface area contributed by atoms with Crippen LogP contribution in [0.1, 0.15) is 35.4 Å². The summed E-state index contributed by atoms with van der Waals surface area (Å²) in [6.45, 7) is 3.18. The fourth-order valence-corrected chi connectivity index (χ4v) is 4.13. The van der Waals surface area contributed by atoms with Crippen molar-refractivity contribution in [3.63, 3.8) is 0 Å². The Morgan fingerprint density at radius 2 is 1.85 bits per heavy atom. The molecule has 0 aliphatic carbocycles. The number of aromatic amines is 1. The Morgan fingerprint density at radius 3 is 2.54 bits per heavy atom. The third kappa shape index (κ3) is 6.44. The second kappa shape index (κ2) is 12.7. The zero-order valence-electron chi connectivity index (χ0n) is 22.1. The van der Waals surface area contributed by atoms with E-state index in [1.165, 1.54) is 11.8 Å². The lowest BCUT2D eigenvalue weighted by atomic mass is 9.90. The molecule has 1 atom stereocenters. The first-order valence-corrected chi connectivity index (χ1v) is 12.5. The third-order valence-corrected chi connectivity index (χ3v) is 6.06. The Labute approximate surface area is 226 Å². The predicted molar refractivity (Wildman–Crippen MR) is 147 cm³/mol. The van der Waals surface area contributed by atoms with Crippen LogP contribution in [-0.2, 0) is 11.2 Å². The van der Waals surface area contributed by atoms with E-state index in [2.05, 4.69) is 15.1 Å². The second-order valence-corrected chi connectivity index (χ2v) is 8.60. The topological polar surface area (TPSA) is 150 Å². The summed E-state index contributed by atoms with van der Waals surface area (Å²) in [5.41, 5.74) is 7.65. The molecule has 0 saturated heterocycles. The van der Waals surface area contributed by atoms with E-state index < -0.39 is 5.69 Å². The molecule has 2 aromatic heterocycles. The van der Waals surface area contributed by atoms with E-state index in [1.807, 2.05) is 37.3 Å². The number of H-pyrrole nitrogens is 1. The van der Waals surface area contributed by atoms with Gasteiger partial charge in [-0.3, -0.25) is 10.4 Å². The summed E-state index contributed by atoms with van der Waals surface area (Å²) in [6.07, 6.45) is 2.07. The number of hydrogen-bond donors (Lipinski definition) is 3. The monoisotopic (exact) mass is 532 g/mol. The van der Waals surface area contributed by atoms with Crippen molar-refractivity contribution in [3.05, 3.63) is 93.8 Å². The quantitative estimate of drug-likeness (QED) is 0.135. The van der Waals surface area contributed by atoms with Gasteiger partial charge in [-0.15, -0.1) is 5.10 Å². The normalized spacial score (nSPS) is 11.7. The number of nitrogens with one attached hydrogen (secondary N) is 2. The highest BCUT2D eigenvalue weighted by molar-refractivity contribution is 5.94. The fraction of sp³-hybridized carbons (Fsp3) is 0.286. The maximum atomic E-state index is 13.0. The molecule has 1 unspecified atom stereocenters. The Balaban J connectivity index is 1.77. The van der Waals surface area contributed by atoms with Crippen LogP contribution in [0, 0.1) is 5.41 Å². The highest BCUT2D eigenvalue weighted by Gasteiger charge is 2.24. The Morgan fingerprint density at radius 1 is 1.05 bits per heavy atom. The molecule has 2 heterocycles. The summed E-state index contributed by atoms with van der Waals surface area (Å²) in [5, 5.41) is 12.3. The zero-order chi connectivity index (χ0) is 27.8. The van der Waals surface area contributed by atoms with Gasteiger partial charge in [-0.1, -0.05) is 30.3 Å². The number of rotatable bonds is 13. The van der Waals surface area contributed by atoms with Crippen LogP contribution in [0.4, 0.5) is 0 Å². The molecule has 0 aliphatic rings. The van der Waals surface area contributed by atoms with Crippen molar-refractivity contribution in [1.82, 2.24) is 19.7 Å². The highest BCUT2D eigenvalue weighted by Crippen LogP contribution is 2.35. The van der Waals surface area contributed by atoms with Crippen LogP contribution in [-0.4, -0.2) is 59.6 Å². The van der Waals surface area contributed by atoms with E-state index in [-0.39, 0.29) is 17.6 Å². The summed E-state index contributed by atoms with van der Waals surface area (Å²) in [6, 6.07) is 16.5. The average Bonchev–Trinajstić information content (AvgIpc) is 3.33. The Bertz CT molecular complexity index is 1460. The highest BCUT2D eigenvalue weighted by atomic mass is 16.5. The maximum Gasteiger partial charge on any atom is 0.349 e. The lowest BCUT2D eigenvalue weighted by Gasteiger charge is -2.18. The maximum absolute atomic E-state index is 13.0. The lowest BCUT2D eigenvalue weighted by molar-refractivity contribution is 0.143. The number of pyridine rings is 1. The number of benzene rings is 2. The van der Waals surface area contributed by atoms with Gasteiger partial charge in [0.15, 0.2) is 17.2 Å². The van der Waals surface area contributed by atoms with Crippen LogP contribution < -0.4 is 25.6 Å². The fourth-order valence-electron chi connectivity index (χ4n) is 4.13. The van der Waals surface area contributed by atoms with Gasteiger partial charge in [-0.05, 0) is 48.7 Å². The van der Waals surface area contributed by atoms with Crippen molar-refractivity contribution in [2.24, 2.45) is 5.73 Å². The summed E-state index contributed by atoms with van der Waals surface area (Å²) >= 11 is 0.